The SMILES string of the molecule is NS(=O)(=O)C1CC(=O)N(c2nc3c(F)cc(F)cc3s2)C1. The molecule has 1 aromatic carbocycles. The number of rotatable bonds is 2. The molecule has 3 rings (SSSR count). The molecule has 112 valence electrons. The van der Waals surface area contributed by atoms with Crippen molar-refractivity contribution in [1.82, 2.24) is 4.98 Å². The molecule has 1 aromatic heterocycles. The minimum Gasteiger partial charge on any atom is -0.287 e. The number of thiazole rings is 1. The average molecular weight is 333 g/mol. The van der Waals surface area contributed by atoms with Gasteiger partial charge >= 0.3 is 0 Å². The molecule has 1 unspecified atom stereocenters. The van der Waals surface area contributed by atoms with Gasteiger partial charge in [0.25, 0.3) is 0 Å². The van der Waals surface area contributed by atoms with Crippen molar-refractivity contribution in [3.05, 3.63) is 23.8 Å². The Hall–Kier alpha value is -1.65. The number of anilines is 1. The predicted octanol–water partition coefficient (Wildman–Crippen LogP) is 0.968. The molecule has 21 heavy (non-hydrogen) atoms. The Morgan fingerprint density at radius 1 is 1.38 bits per heavy atom. The number of aromatic nitrogens is 1. The highest BCUT2D eigenvalue weighted by Gasteiger charge is 2.38. The first kappa shape index (κ1) is 14.3. The van der Waals surface area contributed by atoms with Gasteiger partial charge in [0, 0.05) is 19.0 Å². The Morgan fingerprint density at radius 2 is 2.10 bits per heavy atom. The average Bonchev–Trinajstić information content (AvgIpc) is 2.91. The summed E-state index contributed by atoms with van der Waals surface area (Å²) in [6, 6.07) is 1.81. The van der Waals surface area contributed by atoms with E-state index in [9.17, 15) is 22.0 Å². The molecule has 6 nitrogen and oxygen atoms in total. The Bertz CT molecular complexity index is 850. The lowest BCUT2D eigenvalue weighted by molar-refractivity contribution is -0.117. The summed E-state index contributed by atoms with van der Waals surface area (Å²) < 4.78 is 49.6. The minimum atomic E-state index is -3.84. The first-order valence-corrected chi connectivity index (χ1v) is 8.26. The van der Waals surface area contributed by atoms with Gasteiger partial charge in [-0.3, -0.25) is 9.69 Å². The number of nitrogens with two attached hydrogens (primary N) is 1. The number of carbonyl (C=O) groups excluding carboxylic acids is 1. The molecule has 2 N–H and O–H groups in total. The van der Waals surface area contributed by atoms with E-state index in [0.717, 1.165) is 22.3 Å². The number of benzene rings is 1. The number of amides is 1. The van der Waals surface area contributed by atoms with E-state index < -0.39 is 32.8 Å². The largest absolute Gasteiger partial charge is 0.287 e. The number of hydrogen-bond donors (Lipinski definition) is 1. The van der Waals surface area contributed by atoms with Gasteiger partial charge in [0.2, 0.25) is 15.9 Å². The molecule has 0 spiro atoms. The third-order valence-electron chi connectivity index (χ3n) is 3.19. The van der Waals surface area contributed by atoms with E-state index in [1.165, 1.54) is 0 Å². The summed E-state index contributed by atoms with van der Waals surface area (Å²) in [5.41, 5.74) is -0.0525. The van der Waals surface area contributed by atoms with Crippen LogP contribution in [0.4, 0.5) is 13.9 Å². The van der Waals surface area contributed by atoms with Gasteiger partial charge in [0.15, 0.2) is 10.9 Å². The van der Waals surface area contributed by atoms with Crippen LogP contribution < -0.4 is 10.0 Å². The summed E-state index contributed by atoms with van der Waals surface area (Å²) in [6.45, 7) is -0.137. The van der Waals surface area contributed by atoms with E-state index in [-0.39, 0.29) is 28.3 Å². The second-order valence-electron chi connectivity index (χ2n) is 4.65. The van der Waals surface area contributed by atoms with Gasteiger partial charge in [0.05, 0.1) is 4.70 Å². The smallest absolute Gasteiger partial charge is 0.230 e. The molecular weight excluding hydrogens is 324 g/mol. The lowest BCUT2D eigenvalue weighted by Gasteiger charge is -2.11. The van der Waals surface area contributed by atoms with Crippen LogP contribution in [0.15, 0.2) is 12.1 Å². The number of fused-ring (bicyclic) bond motifs is 1. The third kappa shape index (κ3) is 2.49. The highest BCUT2D eigenvalue weighted by molar-refractivity contribution is 7.89. The molecule has 1 aliphatic heterocycles. The maximum atomic E-state index is 13.6. The lowest BCUT2D eigenvalue weighted by Crippen LogP contribution is -2.32. The van der Waals surface area contributed by atoms with Crippen molar-refractivity contribution < 1.29 is 22.0 Å². The molecule has 1 atom stereocenters. The molecule has 1 fully saturated rings. The Kier molecular flexibility index (Phi) is 3.19. The summed E-state index contributed by atoms with van der Waals surface area (Å²) in [5, 5.41) is 4.14. The van der Waals surface area contributed by atoms with E-state index in [1.807, 2.05) is 0 Å². The Balaban J connectivity index is 2.02. The van der Waals surface area contributed by atoms with Crippen molar-refractivity contribution in [3.63, 3.8) is 0 Å². The zero-order chi connectivity index (χ0) is 15.4. The normalized spacial score (nSPS) is 19.7. The van der Waals surface area contributed by atoms with Crippen LogP contribution in [0.5, 0.6) is 0 Å². The van der Waals surface area contributed by atoms with Gasteiger partial charge < -0.3 is 0 Å². The monoisotopic (exact) mass is 333 g/mol. The van der Waals surface area contributed by atoms with Gasteiger partial charge in [-0.05, 0) is 6.07 Å². The molecule has 0 radical (unpaired) electrons. The maximum Gasteiger partial charge on any atom is 0.230 e. The van der Waals surface area contributed by atoms with Crippen LogP contribution in [0.3, 0.4) is 0 Å². The van der Waals surface area contributed by atoms with Crippen LogP contribution in [0.25, 0.3) is 10.2 Å². The second kappa shape index (κ2) is 4.68. The molecule has 1 aliphatic rings. The summed E-state index contributed by atoms with van der Waals surface area (Å²) in [6.07, 6.45) is -0.244. The number of sulfonamides is 1. The topological polar surface area (TPSA) is 93.4 Å². The molecule has 0 saturated carbocycles. The van der Waals surface area contributed by atoms with Crippen LogP contribution >= 0.6 is 11.3 Å². The van der Waals surface area contributed by atoms with Crippen molar-refractivity contribution in [2.75, 3.05) is 11.4 Å². The van der Waals surface area contributed by atoms with Crippen molar-refractivity contribution in [2.45, 2.75) is 11.7 Å². The number of primary sulfonamides is 1. The van der Waals surface area contributed by atoms with E-state index in [0.29, 0.717) is 6.07 Å². The van der Waals surface area contributed by atoms with E-state index in [4.69, 9.17) is 5.14 Å². The quantitative estimate of drug-likeness (QED) is 0.886. The molecule has 2 heterocycles. The first-order valence-electron chi connectivity index (χ1n) is 5.83. The number of carbonyl (C=O) groups is 1. The molecule has 1 amide bonds. The molecule has 1 saturated heterocycles. The third-order valence-corrected chi connectivity index (χ3v) is 5.46. The van der Waals surface area contributed by atoms with Crippen molar-refractivity contribution in [2.24, 2.45) is 5.14 Å². The summed E-state index contributed by atoms with van der Waals surface area (Å²) in [4.78, 5) is 16.9. The number of hydrogen-bond acceptors (Lipinski definition) is 5. The van der Waals surface area contributed by atoms with Crippen molar-refractivity contribution in [3.8, 4) is 0 Å². The first-order chi connectivity index (χ1) is 9.75. The molecule has 2 aromatic rings. The van der Waals surface area contributed by atoms with Crippen LogP contribution in [-0.4, -0.2) is 31.1 Å². The van der Waals surface area contributed by atoms with Gasteiger partial charge in [-0.25, -0.2) is 27.3 Å². The van der Waals surface area contributed by atoms with Crippen LogP contribution in [0, 0.1) is 11.6 Å². The highest BCUT2D eigenvalue weighted by Crippen LogP contribution is 2.33. The lowest BCUT2D eigenvalue weighted by atomic mass is 10.3. The fourth-order valence-electron chi connectivity index (χ4n) is 2.14. The van der Waals surface area contributed by atoms with E-state index in [2.05, 4.69) is 4.98 Å². The highest BCUT2D eigenvalue weighted by atomic mass is 32.2. The van der Waals surface area contributed by atoms with E-state index in [1.54, 1.807) is 0 Å². The van der Waals surface area contributed by atoms with Crippen molar-refractivity contribution >= 4 is 42.6 Å². The zero-order valence-corrected chi connectivity index (χ0v) is 12.0. The van der Waals surface area contributed by atoms with Gasteiger partial charge in [-0.2, -0.15) is 0 Å². The molecule has 10 heteroatoms. The molecular formula is C11H9F2N3O3S2. The maximum absolute atomic E-state index is 13.6. The molecule has 0 bridgehead atoms. The van der Waals surface area contributed by atoms with Gasteiger partial charge in [-0.15, -0.1) is 0 Å². The second-order valence-corrected chi connectivity index (χ2v) is 7.50. The summed E-state index contributed by atoms with van der Waals surface area (Å²) >= 11 is 0.918. The number of nitrogens with zero attached hydrogens (tertiary/aromatic N) is 2. The van der Waals surface area contributed by atoms with E-state index >= 15 is 0 Å². The summed E-state index contributed by atoms with van der Waals surface area (Å²) in [5.74, 6) is -2.04. The van der Waals surface area contributed by atoms with Crippen LogP contribution in [0.1, 0.15) is 6.42 Å². The standard InChI is InChI=1S/C11H9F2N3O3S2/c12-5-1-7(13)10-8(2-5)20-11(15-10)16-4-6(3-9(16)17)21(14,18)19/h1-2,6H,3-4H2,(H2,14,18,19). The van der Waals surface area contributed by atoms with Gasteiger partial charge in [0.1, 0.15) is 16.6 Å². The Morgan fingerprint density at radius 3 is 2.71 bits per heavy atom. The zero-order valence-electron chi connectivity index (χ0n) is 10.4. The van der Waals surface area contributed by atoms with Crippen molar-refractivity contribution in [1.29, 1.82) is 0 Å². The van der Waals surface area contributed by atoms with Crippen LogP contribution in [-0.2, 0) is 14.8 Å². The fraction of sp³-hybridized carbons (Fsp3) is 0.273. The fourth-order valence-corrected chi connectivity index (χ4v) is 3.90. The van der Waals surface area contributed by atoms with Crippen LogP contribution in [0.2, 0.25) is 0 Å². The Labute approximate surface area is 122 Å². The van der Waals surface area contributed by atoms with Gasteiger partial charge in [-0.1, -0.05) is 11.3 Å². The molecule has 0 aliphatic carbocycles. The number of halogens is 2. The minimum absolute atomic E-state index is 0.0525. The predicted molar refractivity (Wildman–Crippen MR) is 73.4 cm³/mol. The summed E-state index contributed by atoms with van der Waals surface area (Å²) in [7, 11) is -3.84.